The maximum Gasteiger partial charge on any atom is 0.348 e. The number of esters is 2. The van der Waals surface area contributed by atoms with Gasteiger partial charge < -0.3 is 19.7 Å². The Morgan fingerprint density at radius 2 is 1.67 bits per heavy atom. The Morgan fingerprint density at radius 1 is 1.03 bits per heavy atom. The van der Waals surface area contributed by atoms with Crippen molar-refractivity contribution in [2.45, 2.75) is 20.8 Å². The van der Waals surface area contributed by atoms with Crippen molar-refractivity contribution >= 4 is 39.9 Å². The molecule has 1 aromatic heterocycles. The fraction of sp³-hybridized carbons (Fsp3) is 0.435. The highest BCUT2D eigenvalue weighted by Gasteiger charge is 2.28. The molecule has 0 atom stereocenters. The number of piperazine rings is 1. The number of ether oxygens (including phenoxy) is 2. The molecule has 0 saturated carbocycles. The predicted molar refractivity (Wildman–Crippen MR) is 125 cm³/mol. The summed E-state index contributed by atoms with van der Waals surface area (Å²) in [5, 5.41) is 3.03. The molecule has 0 bridgehead atoms. The van der Waals surface area contributed by atoms with Crippen molar-refractivity contribution in [3.05, 3.63) is 46.1 Å². The van der Waals surface area contributed by atoms with Crippen molar-refractivity contribution in [3.8, 4) is 0 Å². The van der Waals surface area contributed by atoms with E-state index in [1.807, 2.05) is 9.80 Å². The summed E-state index contributed by atoms with van der Waals surface area (Å²) < 4.78 is 24.2. The number of para-hydroxylation sites is 1. The van der Waals surface area contributed by atoms with E-state index in [9.17, 15) is 18.8 Å². The molecule has 1 aliphatic rings. The van der Waals surface area contributed by atoms with Crippen LogP contribution in [0.1, 0.15) is 39.4 Å². The average molecular weight is 478 g/mol. The molecule has 0 unspecified atom stereocenters. The van der Waals surface area contributed by atoms with E-state index in [1.165, 1.54) is 6.07 Å². The summed E-state index contributed by atoms with van der Waals surface area (Å²) in [5.41, 5.74) is 1.15. The fourth-order valence-electron chi connectivity index (χ4n) is 3.67. The van der Waals surface area contributed by atoms with Crippen LogP contribution < -0.4 is 10.2 Å². The van der Waals surface area contributed by atoms with E-state index in [4.69, 9.17) is 9.47 Å². The molecule has 0 radical (unpaired) electrons. The quantitative estimate of drug-likeness (QED) is 0.584. The smallest absolute Gasteiger partial charge is 0.348 e. The number of nitrogens with zero attached hydrogens (tertiary/aromatic N) is 2. The number of hydrogen-bond acceptors (Lipinski definition) is 8. The number of rotatable bonds is 8. The Kier molecular flexibility index (Phi) is 8.40. The van der Waals surface area contributed by atoms with Crippen LogP contribution >= 0.6 is 11.3 Å². The number of amides is 1. The maximum atomic E-state index is 14.0. The van der Waals surface area contributed by atoms with Crippen LogP contribution in [0.25, 0.3) is 0 Å². The monoisotopic (exact) mass is 477 g/mol. The first kappa shape index (κ1) is 24.7. The third kappa shape index (κ3) is 5.88. The minimum absolute atomic E-state index is 0.110. The van der Waals surface area contributed by atoms with Crippen molar-refractivity contribution in [3.63, 3.8) is 0 Å². The Hall–Kier alpha value is -2.98. The van der Waals surface area contributed by atoms with Gasteiger partial charge in [0, 0.05) is 26.2 Å². The van der Waals surface area contributed by atoms with Crippen molar-refractivity contribution in [2.75, 3.05) is 56.2 Å². The van der Waals surface area contributed by atoms with Gasteiger partial charge in [0.15, 0.2) is 0 Å². The van der Waals surface area contributed by atoms with Crippen molar-refractivity contribution in [1.82, 2.24) is 4.90 Å². The molecule has 0 aliphatic carbocycles. The summed E-state index contributed by atoms with van der Waals surface area (Å²) >= 11 is 1.00. The van der Waals surface area contributed by atoms with Gasteiger partial charge in [0.2, 0.25) is 5.91 Å². The van der Waals surface area contributed by atoms with Gasteiger partial charge in [-0.15, -0.1) is 11.3 Å². The highest BCUT2D eigenvalue weighted by Crippen LogP contribution is 2.34. The summed E-state index contributed by atoms with van der Waals surface area (Å²) in [6, 6.07) is 6.63. The van der Waals surface area contributed by atoms with E-state index in [1.54, 1.807) is 39.0 Å². The third-order valence-corrected chi connectivity index (χ3v) is 6.46. The Balaban J connectivity index is 1.66. The number of nitrogens with one attached hydrogen (secondary N) is 1. The molecule has 3 rings (SSSR count). The zero-order chi connectivity index (χ0) is 24.0. The van der Waals surface area contributed by atoms with Crippen LogP contribution in [-0.4, -0.2) is 68.7 Å². The first-order valence-corrected chi connectivity index (χ1v) is 11.7. The van der Waals surface area contributed by atoms with Gasteiger partial charge in [-0.05, 0) is 38.5 Å². The van der Waals surface area contributed by atoms with Gasteiger partial charge in [-0.25, -0.2) is 14.0 Å². The number of hydrogen-bond donors (Lipinski definition) is 1. The lowest BCUT2D eigenvalue weighted by Crippen LogP contribution is -2.48. The topological polar surface area (TPSA) is 88.2 Å². The lowest BCUT2D eigenvalue weighted by molar-refractivity contribution is -0.117. The van der Waals surface area contributed by atoms with Gasteiger partial charge >= 0.3 is 11.9 Å². The van der Waals surface area contributed by atoms with E-state index in [2.05, 4.69) is 5.32 Å². The lowest BCUT2D eigenvalue weighted by Gasteiger charge is -2.35. The van der Waals surface area contributed by atoms with Crippen LogP contribution in [0.5, 0.6) is 0 Å². The summed E-state index contributed by atoms with van der Waals surface area (Å²) in [7, 11) is 0. The molecule has 2 heterocycles. The van der Waals surface area contributed by atoms with Crippen LogP contribution in [0.15, 0.2) is 24.3 Å². The van der Waals surface area contributed by atoms with Crippen LogP contribution in [-0.2, 0) is 14.3 Å². The molecular formula is C23H28FN3O5S. The zero-order valence-corrected chi connectivity index (χ0v) is 19.8. The molecule has 1 aliphatic heterocycles. The van der Waals surface area contributed by atoms with Gasteiger partial charge in [0.05, 0.1) is 31.0 Å². The maximum absolute atomic E-state index is 14.0. The van der Waals surface area contributed by atoms with E-state index < -0.39 is 11.9 Å². The molecule has 1 N–H and O–H groups in total. The zero-order valence-electron chi connectivity index (χ0n) is 19.0. The lowest BCUT2D eigenvalue weighted by atomic mass is 10.1. The van der Waals surface area contributed by atoms with Crippen LogP contribution in [0.3, 0.4) is 0 Å². The SMILES string of the molecule is CCOC(=O)c1sc(NC(=O)CN2CCN(c3ccccc3F)CC2)c(C(=O)OCC)c1C. The normalized spacial score (nSPS) is 14.1. The molecule has 1 amide bonds. The molecule has 2 aromatic rings. The summed E-state index contributed by atoms with van der Waals surface area (Å²) in [6.07, 6.45) is 0. The Labute approximate surface area is 196 Å². The van der Waals surface area contributed by atoms with E-state index in [-0.39, 0.29) is 46.9 Å². The summed E-state index contributed by atoms with van der Waals surface area (Å²) in [5.74, 6) is -1.72. The second kappa shape index (κ2) is 11.2. The van der Waals surface area contributed by atoms with Gasteiger partial charge in [0.1, 0.15) is 15.7 Å². The Bertz CT molecular complexity index is 1020. The molecule has 0 spiro atoms. The van der Waals surface area contributed by atoms with Crippen LogP contribution in [0.2, 0.25) is 0 Å². The van der Waals surface area contributed by atoms with Gasteiger partial charge in [-0.3, -0.25) is 9.69 Å². The second-order valence-electron chi connectivity index (χ2n) is 7.46. The molecule has 8 nitrogen and oxygen atoms in total. The van der Waals surface area contributed by atoms with Crippen molar-refractivity contribution in [1.29, 1.82) is 0 Å². The molecule has 1 fully saturated rings. The van der Waals surface area contributed by atoms with Crippen LogP contribution in [0, 0.1) is 12.7 Å². The number of anilines is 2. The number of halogens is 1. The minimum Gasteiger partial charge on any atom is -0.462 e. The first-order valence-electron chi connectivity index (χ1n) is 10.8. The molecule has 1 saturated heterocycles. The number of benzene rings is 1. The largest absolute Gasteiger partial charge is 0.462 e. The van der Waals surface area contributed by atoms with E-state index >= 15 is 0 Å². The van der Waals surface area contributed by atoms with Crippen molar-refractivity contribution < 1.29 is 28.2 Å². The van der Waals surface area contributed by atoms with Gasteiger partial charge in [0.25, 0.3) is 0 Å². The van der Waals surface area contributed by atoms with Crippen LogP contribution in [0.4, 0.5) is 15.1 Å². The first-order chi connectivity index (χ1) is 15.8. The fourth-order valence-corrected chi connectivity index (χ4v) is 4.77. The summed E-state index contributed by atoms with van der Waals surface area (Å²) in [6.45, 7) is 7.85. The molecule has 178 valence electrons. The minimum atomic E-state index is -0.601. The number of thiophene rings is 1. The van der Waals surface area contributed by atoms with Gasteiger partial charge in [-0.1, -0.05) is 12.1 Å². The average Bonchev–Trinajstić information content (AvgIpc) is 3.10. The molecule has 33 heavy (non-hydrogen) atoms. The predicted octanol–water partition coefficient (Wildman–Crippen LogP) is 3.31. The third-order valence-electron chi connectivity index (χ3n) is 5.27. The van der Waals surface area contributed by atoms with E-state index in [0.717, 1.165) is 11.3 Å². The van der Waals surface area contributed by atoms with E-state index in [0.29, 0.717) is 37.4 Å². The van der Waals surface area contributed by atoms with Gasteiger partial charge in [-0.2, -0.15) is 0 Å². The number of carbonyl (C=O) groups is 3. The molecular weight excluding hydrogens is 449 g/mol. The highest BCUT2D eigenvalue weighted by atomic mass is 32.1. The summed E-state index contributed by atoms with van der Waals surface area (Å²) in [4.78, 5) is 41.7. The van der Waals surface area contributed by atoms with Crippen molar-refractivity contribution in [2.24, 2.45) is 0 Å². The molecule has 10 heteroatoms. The number of carbonyl (C=O) groups excluding carboxylic acids is 3. The Morgan fingerprint density at radius 3 is 2.30 bits per heavy atom. The second-order valence-corrected chi connectivity index (χ2v) is 8.48. The standard InChI is InChI=1S/C23H28FN3O5S/c1-4-31-22(29)19-15(3)20(23(30)32-5-2)33-21(19)25-18(28)14-26-10-12-27(13-11-26)17-9-7-6-8-16(17)24/h6-9H,4-5,10-14H2,1-3H3,(H,25,28). The highest BCUT2D eigenvalue weighted by molar-refractivity contribution is 7.18. The molecule has 1 aromatic carbocycles.